The van der Waals surface area contributed by atoms with Crippen LogP contribution >= 0.6 is 15.9 Å². The topological polar surface area (TPSA) is 60.9 Å². The summed E-state index contributed by atoms with van der Waals surface area (Å²) in [5.41, 5.74) is 3.19. The monoisotopic (exact) mass is 501 g/mol. The quantitative estimate of drug-likeness (QED) is 0.498. The Morgan fingerprint density at radius 1 is 0.818 bits per heavy atom. The standard InChI is InChI=1S/C26H20BrN3O3/c27-18-10-12-19(13-11-18)29-25(32)21-22-20-9-5-4-6-16(20)14-15-28(22)30(23(21)26(29)33)24(31)17-7-2-1-3-8-17/h1-13,21-23H,14-15H2/t21-,22+,23+/m1/s1. The van der Waals surface area contributed by atoms with Gasteiger partial charge in [-0.1, -0.05) is 58.4 Å². The Hall–Kier alpha value is -3.29. The zero-order valence-corrected chi connectivity index (χ0v) is 19.2. The van der Waals surface area contributed by atoms with Crippen LogP contribution in [-0.4, -0.2) is 40.3 Å². The lowest BCUT2D eigenvalue weighted by Gasteiger charge is -2.39. The van der Waals surface area contributed by atoms with E-state index in [1.165, 1.54) is 4.90 Å². The summed E-state index contributed by atoms with van der Waals surface area (Å²) in [4.78, 5) is 42.5. The molecule has 6 rings (SSSR count). The molecule has 0 spiro atoms. The Kier molecular flexibility index (Phi) is 4.71. The SMILES string of the molecule is O=C1[C@H]2[C@@H](C(=O)N1c1ccc(Br)cc1)N(C(=O)c1ccccc1)N1CCc3ccccc3[C@@H]21. The fourth-order valence-electron chi connectivity index (χ4n) is 5.41. The van der Waals surface area contributed by atoms with Gasteiger partial charge in [0, 0.05) is 16.6 Å². The normalized spacial score (nSPS) is 24.0. The van der Waals surface area contributed by atoms with Crippen LogP contribution in [-0.2, 0) is 16.0 Å². The summed E-state index contributed by atoms with van der Waals surface area (Å²) in [5.74, 6) is -1.53. The molecule has 0 unspecified atom stereocenters. The number of halogens is 1. The minimum atomic E-state index is -0.870. The van der Waals surface area contributed by atoms with Gasteiger partial charge in [0.1, 0.15) is 6.04 Å². The number of rotatable bonds is 2. The van der Waals surface area contributed by atoms with Crippen LogP contribution in [0.5, 0.6) is 0 Å². The van der Waals surface area contributed by atoms with Gasteiger partial charge in [-0.3, -0.25) is 19.4 Å². The van der Waals surface area contributed by atoms with Crippen molar-refractivity contribution in [1.29, 1.82) is 0 Å². The lowest BCUT2D eigenvalue weighted by Crippen LogP contribution is -2.52. The summed E-state index contributed by atoms with van der Waals surface area (Å²) in [7, 11) is 0. The van der Waals surface area contributed by atoms with Crippen LogP contribution < -0.4 is 4.90 Å². The molecule has 3 aromatic rings. The van der Waals surface area contributed by atoms with E-state index in [9.17, 15) is 14.4 Å². The summed E-state index contributed by atoms with van der Waals surface area (Å²) in [6, 6.07) is 22.8. The molecular formula is C26H20BrN3O3. The second-order valence-electron chi connectivity index (χ2n) is 8.53. The van der Waals surface area contributed by atoms with Crippen LogP contribution in [0, 0.1) is 5.92 Å². The molecular weight excluding hydrogens is 482 g/mol. The van der Waals surface area contributed by atoms with Gasteiger partial charge in [-0.25, -0.2) is 9.91 Å². The summed E-state index contributed by atoms with van der Waals surface area (Å²) in [5, 5.41) is 3.50. The smallest absolute Gasteiger partial charge is 0.268 e. The zero-order valence-electron chi connectivity index (χ0n) is 17.6. The van der Waals surface area contributed by atoms with Gasteiger partial charge in [-0.05, 0) is 53.9 Å². The number of carbonyl (C=O) groups is 3. The molecule has 0 aliphatic carbocycles. The molecule has 0 N–H and O–H groups in total. The first-order valence-electron chi connectivity index (χ1n) is 10.9. The molecule has 0 aromatic heterocycles. The molecule has 0 radical (unpaired) electrons. The zero-order chi connectivity index (χ0) is 22.7. The Morgan fingerprint density at radius 3 is 2.27 bits per heavy atom. The van der Waals surface area contributed by atoms with Crippen molar-refractivity contribution in [3.8, 4) is 0 Å². The van der Waals surface area contributed by atoms with Gasteiger partial charge in [0.2, 0.25) is 5.91 Å². The second kappa shape index (κ2) is 7.64. The van der Waals surface area contributed by atoms with Gasteiger partial charge in [0.05, 0.1) is 17.6 Å². The number of hydrogen-bond donors (Lipinski definition) is 0. The van der Waals surface area contributed by atoms with Gasteiger partial charge in [0.25, 0.3) is 11.8 Å². The molecule has 33 heavy (non-hydrogen) atoms. The average Bonchev–Trinajstić information content (AvgIpc) is 3.32. The van der Waals surface area contributed by atoms with Crippen molar-refractivity contribution in [3.63, 3.8) is 0 Å². The van der Waals surface area contributed by atoms with Gasteiger partial charge in [-0.15, -0.1) is 0 Å². The lowest BCUT2D eigenvalue weighted by molar-refractivity contribution is -0.126. The molecule has 3 aliphatic heterocycles. The third-order valence-electron chi connectivity index (χ3n) is 6.82. The summed E-state index contributed by atoms with van der Waals surface area (Å²) < 4.78 is 0.860. The third kappa shape index (κ3) is 2.99. The molecule has 3 heterocycles. The lowest BCUT2D eigenvalue weighted by atomic mass is 9.85. The minimum Gasteiger partial charge on any atom is -0.274 e. The fraction of sp³-hybridized carbons (Fsp3) is 0.192. The number of benzene rings is 3. The Bertz CT molecular complexity index is 1280. The van der Waals surface area contributed by atoms with Crippen molar-refractivity contribution < 1.29 is 14.4 Å². The van der Waals surface area contributed by atoms with Gasteiger partial charge >= 0.3 is 0 Å². The molecule has 3 aromatic carbocycles. The van der Waals surface area contributed by atoms with Crippen LogP contribution in [0.25, 0.3) is 0 Å². The highest BCUT2D eigenvalue weighted by Crippen LogP contribution is 2.50. The van der Waals surface area contributed by atoms with Gasteiger partial charge in [0.15, 0.2) is 0 Å². The highest BCUT2D eigenvalue weighted by atomic mass is 79.9. The number of nitrogens with zero attached hydrogens (tertiary/aromatic N) is 3. The first kappa shape index (κ1) is 20.3. The molecule has 6 nitrogen and oxygen atoms in total. The molecule has 3 amide bonds. The van der Waals surface area contributed by atoms with Crippen molar-refractivity contribution in [2.24, 2.45) is 5.92 Å². The second-order valence-corrected chi connectivity index (χ2v) is 9.45. The maximum atomic E-state index is 13.8. The molecule has 2 saturated heterocycles. The number of hydrogen-bond acceptors (Lipinski definition) is 4. The van der Waals surface area contributed by atoms with Crippen LogP contribution in [0.2, 0.25) is 0 Å². The number of imide groups is 1. The van der Waals surface area contributed by atoms with E-state index in [2.05, 4.69) is 22.0 Å². The maximum absolute atomic E-state index is 13.8. The van der Waals surface area contributed by atoms with Gasteiger partial charge < -0.3 is 0 Å². The Balaban J connectivity index is 1.49. The largest absolute Gasteiger partial charge is 0.274 e. The number of fused-ring (bicyclic) bond motifs is 5. The molecule has 3 aliphatic rings. The van der Waals surface area contributed by atoms with E-state index < -0.39 is 12.0 Å². The highest BCUT2D eigenvalue weighted by molar-refractivity contribution is 9.10. The third-order valence-corrected chi connectivity index (χ3v) is 7.35. The highest BCUT2D eigenvalue weighted by Gasteiger charge is 2.64. The van der Waals surface area contributed by atoms with Crippen molar-refractivity contribution >= 4 is 39.3 Å². The Morgan fingerprint density at radius 2 is 1.52 bits per heavy atom. The maximum Gasteiger partial charge on any atom is 0.268 e. The van der Waals surface area contributed by atoms with E-state index in [1.54, 1.807) is 53.5 Å². The Labute approximate surface area is 199 Å². The summed E-state index contributed by atoms with van der Waals surface area (Å²) in [6.45, 7) is 0.575. The minimum absolute atomic E-state index is 0.258. The van der Waals surface area contributed by atoms with Crippen LogP contribution in [0.4, 0.5) is 5.69 Å². The number of hydrazine groups is 1. The summed E-state index contributed by atoms with van der Waals surface area (Å²) >= 11 is 3.40. The van der Waals surface area contributed by atoms with Crippen molar-refractivity contribution in [2.45, 2.75) is 18.5 Å². The van der Waals surface area contributed by atoms with E-state index >= 15 is 0 Å². The van der Waals surface area contributed by atoms with E-state index in [1.807, 2.05) is 29.3 Å². The predicted molar refractivity (Wildman–Crippen MR) is 126 cm³/mol. The van der Waals surface area contributed by atoms with E-state index in [-0.39, 0.29) is 23.8 Å². The first-order chi connectivity index (χ1) is 16.1. The molecule has 0 saturated carbocycles. The summed E-state index contributed by atoms with van der Waals surface area (Å²) in [6.07, 6.45) is 0.753. The number of carbonyl (C=O) groups excluding carboxylic acids is 3. The van der Waals surface area contributed by atoms with E-state index in [4.69, 9.17) is 0 Å². The van der Waals surface area contributed by atoms with Crippen molar-refractivity contribution in [2.75, 3.05) is 11.4 Å². The van der Waals surface area contributed by atoms with E-state index in [0.717, 1.165) is 22.0 Å². The number of anilines is 1. The van der Waals surface area contributed by atoms with Crippen LogP contribution in [0.1, 0.15) is 27.5 Å². The first-order valence-corrected chi connectivity index (χ1v) is 11.7. The van der Waals surface area contributed by atoms with Crippen LogP contribution in [0.3, 0.4) is 0 Å². The van der Waals surface area contributed by atoms with Crippen molar-refractivity contribution in [1.82, 2.24) is 10.0 Å². The van der Waals surface area contributed by atoms with E-state index in [0.29, 0.717) is 17.8 Å². The van der Waals surface area contributed by atoms with Crippen molar-refractivity contribution in [3.05, 3.63) is 100 Å². The molecule has 0 bridgehead atoms. The molecule has 7 heteroatoms. The number of amides is 3. The predicted octanol–water partition coefficient (Wildman–Crippen LogP) is 3.98. The van der Waals surface area contributed by atoms with Crippen LogP contribution in [0.15, 0.2) is 83.3 Å². The average molecular weight is 502 g/mol. The molecule has 164 valence electrons. The molecule has 3 atom stereocenters. The van der Waals surface area contributed by atoms with Gasteiger partial charge in [-0.2, -0.15) is 0 Å². The molecule has 2 fully saturated rings. The fourth-order valence-corrected chi connectivity index (χ4v) is 5.67.